The lowest BCUT2D eigenvalue weighted by Crippen LogP contribution is -2.48. The van der Waals surface area contributed by atoms with Gasteiger partial charge in [-0.3, -0.25) is 9.59 Å². The molecule has 0 saturated carbocycles. The first-order valence-electron chi connectivity index (χ1n) is 9.26. The van der Waals surface area contributed by atoms with Crippen molar-refractivity contribution in [2.45, 2.75) is 18.3 Å². The van der Waals surface area contributed by atoms with Crippen molar-refractivity contribution in [1.82, 2.24) is 10.6 Å². The van der Waals surface area contributed by atoms with Crippen molar-refractivity contribution in [2.24, 2.45) is 0 Å². The van der Waals surface area contributed by atoms with Crippen molar-refractivity contribution in [3.63, 3.8) is 0 Å². The van der Waals surface area contributed by atoms with E-state index >= 15 is 0 Å². The van der Waals surface area contributed by atoms with E-state index in [4.69, 9.17) is 9.84 Å². The summed E-state index contributed by atoms with van der Waals surface area (Å²) in [4.78, 5) is 33.7. The lowest BCUT2D eigenvalue weighted by atomic mass is 9.98. The molecule has 1 aliphatic carbocycles. The number of nitrogens with one attached hydrogen (secondary N) is 2. The Bertz CT molecular complexity index is 918. The SMILES string of the molecule is O=C(O)CCNC(=O)C(F)(F)CNC(=O)OCC1c2ccccc2-c2ccccc21. The number of halogens is 2. The van der Waals surface area contributed by atoms with Gasteiger partial charge in [0.1, 0.15) is 6.61 Å². The highest BCUT2D eigenvalue weighted by atomic mass is 19.3. The monoisotopic (exact) mass is 418 g/mol. The number of benzene rings is 2. The summed E-state index contributed by atoms with van der Waals surface area (Å²) >= 11 is 0. The van der Waals surface area contributed by atoms with Gasteiger partial charge in [0.2, 0.25) is 0 Å². The van der Waals surface area contributed by atoms with E-state index in [1.54, 1.807) is 0 Å². The van der Waals surface area contributed by atoms with Crippen LogP contribution in [0.1, 0.15) is 23.5 Å². The van der Waals surface area contributed by atoms with Gasteiger partial charge in [-0.2, -0.15) is 8.78 Å². The third-order valence-electron chi connectivity index (χ3n) is 4.76. The van der Waals surface area contributed by atoms with Crippen LogP contribution in [0, 0.1) is 0 Å². The van der Waals surface area contributed by atoms with Crippen LogP contribution in [-0.2, 0) is 14.3 Å². The lowest BCUT2D eigenvalue weighted by molar-refractivity contribution is -0.145. The highest BCUT2D eigenvalue weighted by Gasteiger charge is 2.39. The molecule has 0 aromatic heterocycles. The number of alkyl halides is 2. The molecule has 0 aliphatic heterocycles. The van der Waals surface area contributed by atoms with E-state index in [-0.39, 0.29) is 12.5 Å². The van der Waals surface area contributed by atoms with Crippen LogP contribution in [0.4, 0.5) is 13.6 Å². The van der Waals surface area contributed by atoms with Gasteiger partial charge in [-0.15, -0.1) is 0 Å². The Kier molecular flexibility index (Phi) is 6.29. The molecule has 30 heavy (non-hydrogen) atoms. The number of aliphatic carboxylic acids is 1. The number of fused-ring (bicyclic) bond motifs is 3. The highest BCUT2D eigenvalue weighted by molar-refractivity contribution is 5.84. The number of carbonyl (C=O) groups is 3. The maximum Gasteiger partial charge on any atom is 0.407 e. The number of hydrogen-bond donors (Lipinski definition) is 3. The Morgan fingerprint density at radius 3 is 2.10 bits per heavy atom. The number of alkyl carbamates (subject to hydrolysis) is 1. The molecule has 3 rings (SSSR count). The lowest BCUT2D eigenvalue weighted by Gasteiger charge is -2.18. The van der Waals surface area contributed by atoms with E-state index in [1.807, 2.05) is 59.2 Å². The molecular weight excluding hydrogens is 398 g/mol. The zero-order chi connectivity index (χ0) is 21.7. The van der Waals surface area contributed by atoms with Crippen LogP contribution in [0.5, 0.6) is 0 Å². The first kappa shape index (κ1) is 21.2. The Hall–Kier alpha value is -3.49. The van der Waals surface area contributed by atoms with Gasteiger partial charge in [0.15, 0.2) is 0 Å². The molecule has 0 heterocycles. The van der Waals surface area contributed by atoms with Gasteiger partial charge >= 0.3 is 18.0 Å². The van der Waals surface area contributed by atoms with Crippen molar-refractivity contribution in [3.8, 4) is 11.1 Å². The van der Waals surface area contributed by atoms with Crippen molar-refractivity contribution >= 4 is 18.0 Å². The van der Waals surface area contributed by atoms with E-state index in [1.165, 1.54) is 0 Å². The van der Waals surface area contributed by atoms with E-state index in [9.17, 15) is 23.2 Å². The third-order valence-corrected chi connectivity index (χ3v) is 4.76. The zero-order valence-electron chi connectivity index (χ0n) is 15.9. The van der Waals surface area contributed by atoms with Gasteiger partial charge in [0, 0.05) is 12.5 Å². The molecule has 2 aromatic rings. The van der Waals surface area contributed by atoms with Gasteiger partial charge in [0.05, 0.1) is 13.0 Å². The van der Waals surface area contributed by atoms with Crippen LogP contribution in [0.25, 0.3) is 11.1 Å². The van der Waals surface area contributed by atoms with Crippen LogP contribution in [0.3, 0.4) is 0 Å². The fourth-order valence-corrected chi connectivity index (χ4v) is 3.33. The highest BCUT2D eigenvalue weighted by Crippen LogP contribution is 2.44. The molecule has 7 nitrogen and oxygen atoms in total. The minimum atomic E-state index is -3.90. The first-order valence-corrected chi connectivity index (χ1v) is 9.26. The standard InChI is InChI=1S/C21H20F2N2O5/c22-21(23,19(28)24-10-9-18(26)27)12-25-20(29)30-11-17-15-7-3-1-5-13(15)14-6-2-4-8-16(14)17/h1-8,17H,9-12H2,(H,24,28)(H,25,29)(H,26,27). The maximum absolute atomic E-state index is 13.8. The predicted octanol–water partition coefficient (Wildman–Crippen LogP) is 2.75. The maximum atomic E-state index is 13.8. The molecule has 1 aliphatic rings. The van der Waals surface area contributed by atoms with Gasteiger partial charge in [0.25, 0.3) is 5.91 Å². The zero-order valence-corrected chi connectivity index (χ0v) is 15.9. The number of carbonyl (C=O) groups excluding carboxylic acids is 2. The number of carboxylic acid groups (broad SMARTS) is 1. The van der Waals surface area contributed by atoms with Crippen LogP contribution in [0.15, 0.2) is 48.5 Å². The topological polar surface area (TPSA) is 105 Å². The molecule has 0 saturated heterocycles. The molecule has 0 unspecified atom stereocenters. The molecule has 2 aromatic carbocycles. The average Bonchev–Trinajstić information content (AvgIpc) is 3.04. The number of ether oxygens (including phenoxy) is 1. The summed E-state index contributed by atoms with van der Waals surface area (Å²) in [7, 11) is 0. The minimum absolute atomic E-state index is 0.0454. The molecule has 158 valence electrons. The Balaban J connectivity index is 1.54. The van der Waals surface area contributed by atoms with Crippen molar-refractivity contribution in [2.75, 3.05) is 19.7 Å². The molecule has 0 atom stereocenters. The summed E-state index contributed by atoms with van der Waals surface area (Å²) in [5.74, 6) is -7.01. The van der Waals surface area contributed by atoms with Gasteiger partial charge in [-0.1, -0.05) is 48.5 Å². The Morgan fingerprint density at radius 2 is 1.53 bits per heavy atom. The van der Waals surface area contributed by atoms with Crippen LogP contribution >= 0.6 is 0 Å². The van der Waals surface area contributed by atoms with Gasteiger partial charge < -0.3 is 20.5 Å². The summed E-state index contributed by atoms with van der Waals surface area (Å²) in [6, 6.07) is 15.4. The van der Waals surface area contributed by atoms with Crippen LogP contribution < -0.4 is 10.6 Å². The van der Waals surface area contributed by atoms with Crippen LogP contribution in [0.2, 0.25) is 0 Å². The number of hydrogen-bond acceptors (Lipinski definition) is 4. The van der Waals surface area contributed by atoms with E-state index < -0.39 is 43.4 Å². The summed E-state index contributed by atoms with van der Waals surface area (Å²) < 4.78 is 32.8. The normalized spacial score (nSPS) is 12.6. The summed E-state index contributed by atoms with van der Waals surface area (Å²) in [5, 5.41) is 12.2. The van der Waals surface area contributed by atoms with Gasteiger partial charge in [-0.05, 0) is 22.3 Å². The molecular formula is C21H20F2N2O5. The third kappa shape index (κ3) is 4.73. The smallest absolute Gasteiger partial charge is 0.407 e. The van der Waals surface area contributed by atoms with Crippen molar-refractivity contribution < 1.29 is 33.0 Å². The predicted molar refractivity (Wildman–Crippen MR) is 103 cm³/mol. The second kappa shape index (κ2) is 8.89. The fraction of sp³-hybridized carbons (Fsp3) is 0.286. The van der Waals surface area contributed by atoms with Crippen molar-refractivity contribution in [3.05, 3.63) is 59.7 Å². The first-order chi connectivity index (χ1) is 14.3. The molecule has 0 radical (unpaired) electrons. The minimum Gasteiger partial charge on any atom is -0.481 e. The number of rotatable bonds is 8. The fourth-order valence-electron chi connectivity index (χ4n) is 3.33. The second-order valence-corrected chi connectivity index (χ2v) is 6.78. The quantitative estimate of drug-likeness (QED) is 0.612. The molecule has 3 N–H and O–H groups in total. The van der Waals surface area contributed by atoms with Gasteiger partial charge in [-0.25, -0.2) is 4.79 Å². The molecule has 2 amide bonds. The molecule has 0 spiro atoms. The van der Waals surface area contributed by atoms with Crippen LogP contribution in [-0.4, -0.2) is 48.7 Å². The summed E-state index contributed by atoms with van der Waals surface area (Å²) in [5.41, 5.74) is 4.03. The van der Waals surface area contributed by atoms with Crippen molar-refractivity contribution in [1.29, 1.82) is 0 Å². The Labute approximate surface area is 171 Å². The van der Waals surface area contributed by atoms with E-state index in [0.29, 0.717) is 0 Å². The average molecular weight is 418 g/mol. The van der Waals surface area contributed by atoms with E-state index in [0.717, 1.165) is 22.3 Å². The number of amides is 2. The van der Waals surface area contributed by atoms with E-state index in [2.05, 4.69) is 0 Å². The second-order valence-electron chi connectivity index (χ2n) is 6.78. The number of carboxylic acids is 1. The molecule has 0 fully saturated rings. The largest absolute Gasteiger partial charge is 0.481 e. The summed E-state index contributed by atoms with van der Waals surface area (Å²) in [6.45, 7) is -1.74. The summed E-state index contributed by atoms with van der Waals surface area (Å²) in [6.07, 6.45) is -1.56. The Morgan fingerprint density at radius 1 is 0.967 bits per heavy atom. The molecule has 9 heteroatoms. The molecule has 0 bridgehead atoms.